The van der Waals surface area contributed by atoms with Crippen LogP contribution in [0.25, 0.3) is 0 Å². The zero-order valence-corrected chi connectivity index (χ0v) is 6.13. The number of primary amides is 1. The molecule has 0 heterocycles. The van der Waals surface area contributed by atoms with Crippen LogP contribution in [-0.4, -0.2) is 12.2 Å². The number of hydrogen-bond donors (Lipinski definition) is 1. The standard InChI is InChI=1S/C7H11NO2/c1-4-6(5(2)3)10-7(8)9/h1,5-6H,2-3H3,(H2,8,9). The number of amides is 1. The molecule has 1 amide bonds. The summed E-state index contributed by atoms with van der Waals surface area (Å²) in [6.45, 7) is 3.71. The molecule has 3 nitrogen and oxygen atoms in total. The van der Waals surface area contributed by atoms with Crippen molar-refractivity contribution in [3.8, 4) is 12.3 Å². The number of nitrogens with two attached hydrogens (primary N) is 1. The zero-order valence-electron chi connectivity index (χ0n) is 6.13. The van der Waals surface area contributed by atoms with Gasteiger partial charge >= 0.3 is 6.09 Å². The number of carbonyl (C=O) groups excluding carboxylic acids is 1. The maximum absolute atomic E-state index is 10.2. The highest BCUT2D eigenvalue weighted by Gasteiger charge is 2.12. The lowest BCUT2D eigenvalue weighted by Crippen LogP contribution is -2.25. The fourth-order valence-electron chi connectivity index (χ4n) is 0.488. The SMILES string of the molecule is C#CC(OC(N)=O)C(C)C. The molecule has 1 atom stereocenters. The Bertz CT molecular complexity index is 157. The molecule has 0 rings (SSSR count). The van der Waals surface area contributed by atoms with Crippen LogP contribution in [-0.2, 0) is 4.74 Å². The van der Waals surface area contributed by atoms with E-state index in [1.54, 1.807) is 0 Å². The van der Waals surface area contributed by atoms with E-state index < -0.39 is 12.2 Å². The van der Waals surface area contributed by atoms with E-state index in [0.717, 1.165) is 0 Å². The van der Waals surface area contributed by atoms with Crippen molar-refractivity contribution in [2.45, 2.75) is 20.0 Å². The van der Waals surface area contributed by atoms with Crippen LogP contribution in [0, 0.1) is 18.3 Å². The molecule has 0 aromatic carbocycles. The van der Waals surface area contributed by atoms with E-state index in [-0.39, 0.29) is 5.92 Å². The van der Waals surface area contributed by atoms with Crippen LogP contribution < -0.4 is 5.73 Å². The first-order chi connectivity index (χ1) is 4.57. The van der Waals surface area contributed by atoms with Crippen molar-refractivity contribution in [2.75, 3.05) is 0 Å². The van der Waals surface area contributed by atoms with Gasteiger partial charge in [-0.1, -0.05) is 19.8 Å². The third kappa shape index (κ3) is 2.98. The van der Waals surface area contributed by atoms with Crippen LogP contribution in [0.3, 0.4) is 0 Å². The van der Waals surface area contributed by atoms with Crippen molar-refractivity contribution in [3.05, 3.63) is 0 Å². The van der Waals surface area contributed by atoms with Crippen LogP contribution in [0.1, 0.15) is 13.8 Å². The third-order valence-electron chi connectivity index (χ3n) is 1.01. The first kappa shape index (κ1) is 8.83. The molecule has 1 unspecified atom stereocenters. The second kappa shape index (κ2) is 3.78. The monoisotopic (exact) mass is 141 g/mol. The average molecular weight is 141 g/mol. The fraction of sp³-hybridized carbons (Fsp3) is 0.571. The Labute approximate surface area is 60.5 Å². The summed E-state index contributed by atoms with van der Waals surface area (Å²) < 4.78 is 4.56. The summed E-state index contributed by atoms with van der Waals surface area (Å²) in [7, 11) is 0. The van der Waals surface area contributed by atoms with Crippen molar-refractivity contribution in [1.29, 1.82) is 0 Å². The Morgan fingerprint density at radius 1 is 1.70 bits per heavy atom. The molecule has 0 aliphatic heterocycles. The van der Waals surface area contributed by atoms with Crippen LogP contribution in [0.15, 0.2) is 0 Å². The lowest BCUT2D eigenvalue weighted by atomic mass is 10.1. The fourth-order valence-corrected chi connectivity index (χ4v) is 0.488. The van der Waals surface area contributed by atoms with Gasteiger partial charge in [-0.15, -0.1) is 6.42 Å². The smallest absolute Gasteiger partial charge is 0.405 e. The van der Waals surface area contributed by atoms with Gasteiger partial charge in [0.25, 0.3) is 0 Å². The molecule has 3 heteroatoms. The molecular weight excluding hydrogens is 130 g/mol. The summed E-state index contributed by atoms with van der Waals surface area (Å²) in [4.78, 5) is 10.2. The Morgan fingerprint density at radius 2 is 2.20 bits per heavy atom. The predicted molar refractivity (Wildman–Crippen MR) is 38.1 cm³/mol. The molecule has 56 valence electrons. The van der Waals surface area contributed by atoms with E-state index in [4.69, 9.17) is 12.2 Å². The molecular formula is C7H11NO2. The van der Waals surface area contributed by atoms with E-state index in [1.807, 2.05) is 13.8 Å². The van der Waals surface area contributed by atoms with E-state index in [0.29, 0.717) is 0 Å². The average Bonchev–Trinajstić information content (AvgIpc) is 1.81. The Hall–Kier alpha value is -1.17. The number of carbonyl (C=O) groups is 1. The molecule has 0 aliphatic rings. The third-order valence-corrected chi connectivity index (χ3v) is 1.01. The maximum atomic E-state index is 10.2. The zero-order chi connectivity index (χ0) is 8.15. The minimum absolute atomic E-state index is 0.109. The van der Waals surface area contributed by atoms with Crippen molar-refractivity contribution < 1.29 is 9.53 Å². The molecule has 0 radical (unpaired) electrons. The van der Waals surface area contributed by atoms with E-state index in [1.165, 1.54) is 0 Å². The van der Waals surface area contributed by atoms with Crippen molar-refractivity contribution in [2.24, 2.45) is 11.7 Å². The number of hydrogen-bond acceptors (Lipinski definition) is 2. The highest BCUT2D eigenvalue weighted by atomic mass is 16.6. The molecule has 0 bridgehead atoms. The molecule has 0 saturated carbocycles. The first-order valence-electron chi connectivity index (χ1n) is 3.00. The van der Waals surface area contributed by atoms with Gasteiger partial charge in [-0.3, -0.25) is 0 Å². The van der Waals surface area contributed by atoms with Gasteiger partial charge in [0.1, 0.15) is 0 Å². The first-order valence-corrected chi connectivity index (χ1v) is 3.00. The number of terminal acetylenes is 1. The Kier molecular flexibility index (Phi) is 3.34. The van der Waals surface area contributed by atoms with Crippen molar-refractivity contribution >= 4 is 6.09 Å². The second-order valence-corrected chi connectivity index (χ2v) is 2.27. The quantitative estimate of drug-likeness (QED) is 0.576. The minimum Gasteiger partial charge on any atom is -0.433 e. The number of ether oxygens (including phenoxy) is 1. The summed E-state index contributed by atoms with van der Waals surface area (Å²) in [5, 5.41) is 0. The summed E-state index contributed by atoms with van der Waals surface area (Å²) in [5.41, 5.74) is 4.75. The van der Waals surface area contributed by atoms with Gasteiger partial charge in [0.2, 0.25) is 0 Å². The molecule has 0 aromatic heterocycles. The summed E-state index contributed by atoms with van der Waals surface area (Å²) in [6, 6.07) is 0. The number of rotatable bonds is 2. The van der Waals surface area contributed by atoms with Crippen molar-refractivity contribution in [3.63, 3.8) is 0 Å². The van der Waals surface area contributed by atoms with Gasteiger partial charge in [0, 0.05) is 5.92 Å². The van der Waals surface area contributed by atoms with E-state index in [9.17, 15) is 4.79 Å². The lowest BCUT2D eigenvalue weighted by molar-refractivity contribution is 0.111. The molecule has 0 aromatic rings. The Balaban J connectivity index is 3.87. The summed E-state index contributed by atoms with van der Waals surface area (Å²) >= 11 is 0. The normalized spacial score (nSPS) is 12.2. The highest BCUT2D eigenvalue weighted by Crippen LogP contribution is 2.03. The highest BCUT2D eigenvalue weighted by molar-refractivity contribution is 5.65. The van der Waals surface area contributed by atoms with Gasteiger partial charge in [0.15, 0.2) is 6.10 Å². The molecule has 0 aliphatic carbocycles. The van der Waals surface area contributed by atoms with Gasteiger partial charge in [0.05, 0.1) is 0 Å². The van der Waals surface area contributed by atoms with E-state index in [2.05, 4.69) is 10.7 Å². The van der Waals surface area contributed by atoms with Crippen LogP contribution >= 0.6 is 0 Å². The van der Waals surface area contributed by atoms with Crippen molar-refractivity contribution in [1.82, 2.24) is 0 Å². The van der Waals surface area contributed by atoms with Crippen LogP contribution in [0.2, 0.25) is 0 Å². The van der Waals surface area contributed by atoms with E-state index >= 15 is 0 Å². The predicted octanol–water partition coefficient (Wildman–Crippen LogP) is 0.740. The second-order valence-electron chi connectivity index (χ2n) is 2.27. The molecule has 10 heavy (non-hydrogen) atoms. The molecule has 0 saturated heterocycles. The maximum Gasteiger partial charge on any atom is 0.405 e. The summed E-state index contributed by atoms with van der Waals surface area (Å²) in [6.07, 6.45) is 3.71. The summed E-state index contributed by atoms with van der Waals surface area (Å²) in [5.74, 6) is 2.42. The molecule has 2 N–H and O–H groups in total. The largest absolute Gasteiger partial charge is 0.433 e. The van der Waals surface area contributed by atoms with Crippen LogP contribution in [0.4, 0.5) is 4.79 Å². The van der Waals surface area contributed by atoms with Crippen LogP contribution in [0.5, 0.6) is 0 Å². The molecule has 0 fully saturated rings. The minimum atomic E-state index is -0.823. The van der Waals surface area contributed by atoms with Gasteiger partial charge in [-0.25, -0.2) is 4.79 Å². The van der Waals surface area contributed by atoms with Gasteiger partial charge in [-0.2, -0.15) is 0 Å². The lowest BCUT2D eigenvalue weighted by Gasteiger charge is -2.12. The van der Waals surface area contributed by atoms with Gasteiger partial charge < -0.3 is 10.5 Å². The topological polar surface area (TPSA) is 52.3 Å². The Morgan fingerprint density at radius 3 is 2.30 bits per heavy atom. The molecule has 0 spiro atoms. The van der Waals surface area contributed by atoms with Gasteiger partial charge in [-0.05, 0) is 0 Å².